The van der Waals surface area contributed by atoms with E-state index in [0.29, 0.717) is 0 Å². The number of anilines is 3. The quantitative estimate of drug-likeness (QED) is 0.173. The van der Waals surface area contributed by atoms with Gasteiger partial charge in [0.05, 0.1) is 10.8 Å². The standard InChI is InChI=1S/C60H37N/c1-2-16-39-35-40(30-29-38(39)15-1)61(41-31-33-49-47-21-7-13-27-55(47)59(57(49)36-41)51-23-9-3-17-43(51)44-18-4-10-24-52(44)59)42-32-34-50-48-22-8-14-28-56(48)60(58(50)37-42)53-25-11-5-19-45(53)46-20-6-12-26-54(46)60/h1-37H. The second kappa shape index (κ2) is 11.9. The molecule has 14 rings (SSSR count). The molecule has 10 aromatic carbocycles. The third-order valence-corrected chi connectivity index (χ3v) is 14.5. The van der Waals surface area contributed by atoms with Crippen LogP contribution < -0.4 is 4.90 Å². The Balaban J connectivity index is 1.06. The molecule has 0 heterocycles. The van der Waals surface area contributed by atoms with E-state index >= 15 is 0 Å². The van der Waals surface area contributed by atoms with Crippen LogP contribution in [0.15, 0.2) is 224 Å². The number of hydrogen-bond acceptors (Lipinski definition) is 1. The summed E-state index contributed by atoms with van der Waals surface area (Å²) in [4.78, 5) is 2.51. The summed E-state index contributed by atoms with van der Waals surface area (Å²) < 4.78 is 0. The van der Waals surface area contributed by atoms with E-state index in [1.165, 1.54) is 99.8 Å². The maximum atomic E-state index is 2.52. The Kier molecular flexibility index (Phi) is 6.48. The van der Waals surface area contributed by atoms with E-state index in [2.05, 4.69) is 229 Å². The molecule has 10 aromatic rings. The first kappa shape index (κ1) is 33.1. The van der Waals surface area contributed by atoms with Gasteiger partial charge in [0.1, 0.15) is 0 Å². The topological polar surface area (TPSA) is 3.24 Å². The SMILES string of the molecule is c1ccc2c(c1)-c1ccccc1C21c2ccccc2-c2ccc(N(c3ccc4c(c3)C3(c5ccccc5-c5ccccc53)c3ccccc3-4)c3ccc4ccccc4c3)cc21. The highest BCUT2D eigenvalue weighted by atomic mass is 15.1. The van der Waals surface area contributed by atoms with Crippen LogP contribution in [0, 0.1) is 0 Å². The van der Waals surface area contributed by atoms with Crippen molar-refractivity contribution in [1.82, 2.24) is 0 Å². The summed E-state index contributed by atoms with van der Waals surface area (Å²) in [5, 5.41) is 2.45. The van der Waals surface area contributed by atoms with E-state index in [1.807, 2.05) is 0 Å². The minimum atomic E-state index is -0.439. The number of rotatable bonds is 3. The molecular formula is C60H37N. The molecule has 0 bridgehead atoms. The summed E-state index contributed by atoms with van der Waals surface area (Å²) in [7, 11) is 0. The van der Waals surface area contributed by atoms with Gasteiger partial charge >= 0.3 is 0 Å². The zero-order valence-electron chi connectivity index (χ0n) is 33.3. The highest BCUT2D eigenvalue weighted by Gasteiger charge is 2.53. The van der Waals surface area contributed by atoms with Crippen LogP contribution in [0.3, 0.4) is 0 Å². The molecule has 0 N–H and O–H groups in total. The van der Waals surface area contributed by atoms with Crippen LogP contribution in [0.5, 0.6) is 0 Å². The highest BCUT2D eigenvalue weighted by molar-refractivity contribution is 5.99. The first-order chi connectivity index (χ1) is 30.3. The van der Waals surface area contributed by atoms with E-state index in [1.54, 1.807) is 0 Å². The van der Waals surface area contributed by atoms with Crippen molar-refractivity contribution in [3.63, 3.8) is 0 Å². The lowest BCUT2D eigenvalue weighted by molar-refractivity contribution is 0.792. The number of hydrogen-bond donors (Lipinski definition) is 0. The smallest absolute Gasteiger partial charge is 0.0726 e. The Labute approximate surface area is 355 Å². The van der Waals surface area contributed by atoms with Crippen molar-refractivity contribution in [3.8, 4) is 44.5 Å². The fraction of sp³-hybridized carbons (Fsp3) is 0.0333. The minimum absolute atomic E-state index is 0.439. The molecule has 4 aliphatic rings. The fourth-order valence-corrected chi connectivity index (χ4v) is 12.2. The molecule has 0 radical (unpaired) electrons. The molecule has 1 nitrogen and oxygen atoms in total. The third kappa shape index (κ3) is 4.06. The molecule has 4 aliphatic carbocycles. The first-order valence-corrected chi connectivity index (χ1v) is 21.4. The Morgan fingerprint density at radius 3 is 0.869 bits per heavy atom. The molecule has 0 saturated heterocycles. The van der Waals surface area contributed by atoms with E-state index < -0.39 is 10.8 Å². The number of benzene rings is 10. The monoisotopic (exact) mass is 771 g/mol. The normalized spacial score (nSPS) is 14.5. The lowest BCUT2D eigenvalue weighted by Crippen LogP contribution is -2.26. The van der Waals surface area contributed by atoms with Crippen molar-refractivity contribution in [2.45, 2.75) is 10.8 Å². The molecule has 0 atom stereocenters. The molecule has 282 valence electrons. The van der Waals surface area contributed by atoms with Crippen LogP contribution in [-0.4, -0.2) is 0 Å². The number of fused-ring (bicyclic) bond motifs is 21. The summed E-state index contributed by atoms with van der Waals surface area (Å²) in [5.41, 5.74) is 23.8. The highest BCUT2D eigenvalue weighted by Crippen LogP contribution is 2.65. The maximum absolute atomic E-state index is 2.52. The molecular weight excluding hydrogens is 735 g/mol. The van der Waals surface area contributed by atoms with Crippen molar-refractivity contribution < 1.29 is 0 Å². The van der Waals surface area contributed by atoms with Gasteiger partial charge < -0.3 is 4.90 Å². The molecule has 0 fully saturated rings. The average Bonchev–Trinajstić information content (AvgIpc) is 4.00. The van der Waals surface area contributed by atoms with Gasteiger partial charge in [0.25, 0.3) is 0 Å². The van der Waals surface area contributed by atoms with Gasteiger partial charge in [-0.25, -0.2) is 0 Å². The van der Waals surface area contributed by atoms with Crippen LogP contribution in [0.2, 0.25) is 0 Å². The lowest BCUT2D eigenvalue weighted by atomic mass is 9.70. The van der Waals surface area contributed by atoms with Crippen molar-refractivity contribution in [3.05, 3.63) is 269 Å². The first-order valence-electron chi connectivity index (χ1n) is 21.4. The Morgan fingerprint density at radius 2 is 0.492 bits per heavy atom. The third-order valence-electron chi connectivity index (χ3n) is 14.5. The lowest BCUT2D eigenvalue weighted by Gasteiger charge is -2.33. The van der Waals surface area contributed by atoms with Crippen LogP contribution in [-0.2, 0) is 10.8 Å². The second-order valence-corrected chi connectivity index (χ2v) is 17.1. The zero-order valence-corrected chi connectivity index (χ0v) is 33.3. The van der Waals surface area contributed by atoms with Crippen molar-refractivity contribution in [2.24, 2.45) is 0 Å². The van der Waals surface area contributed by atoms with Gasteiger partial charge in [-0.15, -0.1) is 0 Å². The van der Waals surface area contributed by atoms with E-state index in [4.69, 9.17) is 0 Å². The Hall–Kier alpha value is -7.74. The minimum Gasteiger partial charge on any atom is -0.310 e. The molecule has 0 amide bonds. The zero-order chi connectivity index (χ0) is 39.9. The van der Waals surface area contributed by atoms with Gasteiger partial charge in [0, 0.05) is 17.1 Å². The van der Waals surface area contributed by atoms with Crippen LogP contribution in [0.4, 0.5) is 17.1 Å². The van der Waals surface area contributed by atoms with Crippen molar-refractivity contribution in [1.29, 1.82) is 0 Å². The Bertz CT molecular complexity index is 3190. The molecule has 61 heavy (non-hydrogen) atoms. The predicted molar refractivity (Wildman–Crippen MR) is 251 cm³/mol. The van der Waals surface area contributed by atoms with Gasteiger partial charge in [0.2, 0.25) is 0 Å². The summed E-state index contributed by atoms with van der Waals surface area (Å²) in [6, 6.07) is 84.7. The van der Waals surface area contributed by atoms with Gasteiger partial charge in [-0.1, -0.05) is 188 Å². The van der Waals surface area contributed by atoms with Gasteiger partial charge in [-0.2, -0.15) is 0 Å². The summed E-state index contributed by atoms with van der Waals surface area (Å²) in [5.74, 6) is 0. The molecule has 0 unspecified atom stereocenters. The number of nitrogens with zero attached hydrogens (tertiary/aromatic N) is 1. The van der Waals surface area contributed by atoms with Crippen molar-refractivity contribution >= 4 is 27.8 Å². The fourth-order valence-electron chi connectivity index (χ4n) is 12.2. The van der Waals surface area contributed by atoms with E-state index in [-0.39, 0.29) is 0 Å². The molecule has 1 heteroatoms. The van der Waals surface area contributed by atoms with Gasteiger partial charge in [-0.05, 0) is 136 Å². The van der Waals surface area contributed by atoms with Gasteiger partial charge in [-0.3, -0.25) is 0 Å². The van der Waals surface area contributed by atoms with E-state index in [9.17, 15) is 0 Å². The summed E-state index contributed by atoms with van der Waals surface area (Å²) in [6.07, 6.45) is 0. The van der Waals surface area contributed by atoms with Crippen LogP contribution >= 0.6 is 0 Å². The van der Waals surface area contributed by atoms with Crippen LogP contribution in [0.25, 0.3) is 55.3 Å². The Morgan fingerprint density at radius 1 is 0.213 bits per heavy atom. The summed E-state index contributed by atoms with van der Waals surface area (Å²) in [6.45, 7) is 0. The molecule has 0 aromatic heterocycles. The molecule has 2 spiro atoms. The van der Waals surface area contributed by atoms with E-state index in [0.717, 1.165) is 17.1 Å². The second-order valence-electron chi connectivity index (χ2n) is 17.1. The van der Waals surface area contributed by atoms with Crippen molar-refractivity contribution in [2.75, 3.05) is 4.90 Å². The molecule has 0 saturated carbocycles. The average molecular weight is 772 g/mol. The van der Waals surface area contributed by atoms with Gasteiger partial charge in [0.15, 0.2) is 0 Å². The summed E-state index contributed by atoms with van der Waals surface area (Å²) >= 11 is 0. The maximum Gasteiger partial charge on any atom is 0.0726 e. The largest absolute Gasteiger partial charge is 0.310 e. The molecule has 0 aliphatic heterocycles. The van der Waals surface area contributed by atoms with Crippen LogP contribution in [0.1, 0.15) is 44.5 Å². The predicted octanol–water partition coefficient (Wildman–Crippen LogP) is 15.0.